The highest BCUT2D eigenvalue weighted by Crippen LogP contribution is 2.22. The van der Waals surface area contributed by atoms with Gasteiger partial charge >= 0.3 is 0 Å². The third kappa shape index (κ3) is 4.66. The topological polar surface area (TPSA) is 67.2 Å². The zero-order valence-electron chi connectivity index (χ0n) is 14.3. The van der Waals surface area contributed by atoms with Crippen molar-refractivity contribution in [1.29, 1.82) is 0 Å². The molecule has 2 heterocycles. The Labute approximate surface area is 157 Å². The summed E-state index contributed by atoms with van der Waals surface area (Å²) in [6.45, 7) is 2.62. The first-order valence-corrected chi connectivity index (χ1v) is 11.3. The molecule has 0 aliphatic carbocycles. The van der Waals surface area contributed by atoms with Gasteiger partial charge in [-0.2, -0.15) is 0 Å². The summed E-state index contributed by atoms with van der Waals surface area (Å²) in [5.41, 5.74) is 2.26. The number of benzene rings is 1. The molecule has 0 saturated carbocycles. The van der Waals surface area contributed by atoms with Crippen molar-refractivity contribution in [2.24, 2.45) is 0 Å². The Morgan fingerprint density at radius 1 is 1.40 bits per heavy atom. The van der Waals surface area contributed by atoms with Gasteiger partial charge in [0, 0.05) is 11.7 Å². The predicted molar refractivity (Wildman–Crippen MR) is 105 cm³/mol. The molecule has 1 atom stereocenters. The molecule has 2 aromatic rings. The summed E-state index contributed by atoms with van der Waals surface area (Å²) in [5.74, 6) is 0.487. The van der Waals surface area contributed by atoms with Crippen LogP contribution in [0.3, 0.4) is 0 Å². The molecule has 1 aromatic carbocycles. The molecule has 1 fully saturated rings. The molecular formula is C16H22N4O2S3. The lowest BCUT2D eigenvalue weighted by atomic mass is 10.1. The van der Waals surface area contributed by atoms with Gasteiger partial charge in [0.15, 0.2) is 13.8 Å². The second-order valence-corrected chi connectivity index (χ2v) is 10.2. The lowest BCUT2D eigenvalue weighted by Crippen LogP contribution is -2.34. The van der Waals surface area contributed by atoms with Gasteiger partial charge in [0.2, 0.25) is 5.13 Å². The van der Waals surface area contributed by atoms with E-state index >= 15 is 0 Å². The van der Waals surface area contributed by atoms with Crippen LogP contribution in [0.25, 0.3) is 0 Å². The first-order chi connectivity index (χ1) is 11.9. The van der Waals surface area contributed by atoms with Crippen molar-refractivity contribution >= 4 is 44.2 Å². The summed E-state index contributed by atoms with van der Waals surface area (Å²) in [5, 5.41) is 8.54. The van der Waals surface area contributed by atoms with Gasteiger partial charge in [-0.1, -0.05) is 30.4 Å². The van der Waals surface area contributed by atoms with E-state index in [4.69, 9.17) is 12.2 Å². The van der Waals surface area contributed by atoms with Crippen LogP contribution < -0.4 is 5.32 Å². The van der Waals surface area contributed by atoms with Gasteiger partial charge in [0.1, 0.15) is 0 Å². The highest BCUT2D eigenvalue weighted by Gasteiger charge is 2.30. The molecule has 1 saturated heterocycles. The van der Waals surface area contributed by atoms with Crippen LogP contribution in [0.15, 0.2) is 24.3 Å². The van der Waals surface area contributed by atoms with Crippen molar-refractivity contribution < 1.29 is 8.42 Å². The van der Waals surface area contributed by atoms with Gasteiger partial charge < -0.3 is 5.32 Å². The number of nitrogens with one attached hydrogen (secondary N) is 1. The maximum atomic E-state index is 11.6. The summed E-state index contributed by atoms with van der Waals surface area (Å²) in [4.78, 5) is 2.01. The van der Waals surface area contributed by atoms with Crippen molar-refractivity contribution in [3.05, 3.63) is 33.8 Å². The molecule has 1 aliphatic rings. The summed E-state index contributed by atoms with van der Waals surface area (Å²) in [6.07, 6.45) is 1.68. The maximum Gasteiger partial charge on any atom is 0.209 e. The van der Waals surface area contributed by atoms with Crippen LogP contribution in [0.2, 0.25) is 0 Å². The number of aromatic nitrogens is 2. The molecular weight excluding hydrogens is 376 g/mol. The number of aryl methyl sites for hydroxylation is 1. The molecule has 0 radical (unpaired) electrons. The molecule has 0 unspecified atom stereocenters. The number of rotatable bonds is 6. The van der Waals surface area contributed by atoms with E-state index in [1.54, 1.807) is 4.68 Å². The molecule has 1 aliphatic heterocycles. The summed E-state index contributed by atoms with van der Waals surface area (Å²) >= 11 is 6.81. The third-order valence-electron chi connectivity index (χ3n) is 4.41. The van der Waals surface area contributed by atoms with Crippen LogP contribution in [-0.2, 0) is 22.9 Å². The van der Waals surface area contributed by atoms with Crippen LogP contribution in [0.4, 0.5) is 10.8 Å². The van der Waals surface area contributed by atoms with E-state index in [-0.39, 0.29) is 17.5 Å². The van der Waals surface area contributed by atoms with Crippen LogP contribution >= 0.6 is 23.6 Å². The van der Waals surface area contributed by atoms with E-state index in [9.17, 15) is 8.42 Å². The second-order valence-electron chi connectivity index (χ2n) is 6.30. The van der Waals surface area contributed by atoms with Crippen LogP contribution in [0.1, 0.15) is 18.9 Å². The minimum atomic E-state index is -2.89. The maximum absolute atomic E-state index is 11.6. The number of nitrogens with zero attached hydrogens (tertiary/aromatic N) is 3. The Kier molecular flexibility index (Phi) is 5.57. The van der Waals surface area contributed by atoms with Gasteiger partial charge in [0.25, 0.3) is 0 Å². The van der Waals surface area contributed by atoms with E-state index in [1.807, 2.05) is 24.1 Å². The van der Waals surface area contributed by atoms with E-state index in [2.05, 4.69) is 29.5 Å². The molecule has 9 heteroatoms. The lowest BCUT2D eigenvalue weighted by Gasteiger charge is -2.22. The summed E-state index contributed by atoms with van der Waals surface area (Å²) in [6, 6.07) is 8.28. The van der Waals surface area contributed by atoms with E-state index in [0.29, 0.717) is 17.0 Å². The predicted octanol–water partition coefficient (Wildman–Crippen LogP) is 3.06. The van der Waals surface area contributed by atoms with Gasteiger partial charge in [0.05, 0.1) is 18.2 Å². The summed E-state index contributed by atoms with van der Waals surface area (Å²) < 4.78 is 25.7. The monoisotopic (exact) mass is 398 g/mol. The Hall–Kier alpha value is -1.29. The smallest absolute Gasteiger partial charge is 0.209 e. The summed E-state index contributed by atoms with van der Waals surface area (Å²) in [7, 11) is -0.971. The molecule has 136 valence electrons. The molecule has 3 rings (SSSR count). The molecule has 1 N–H and O–H groups in total. The zero-order chi connectivity index (χ0) is 18.0. The molecule has 0 bridgehead atoms. The highest BCUT2D eigenvalue weighted by atomic mass is 32.2. The van der Waals surface area contributed by atoms with E-state index in [1.165, 1.54) is 16.9 Å². The quantitative estimate of drug-likeness (QED) is 0.755. The average molecular weight is 399 g/mol. The van der Waals surface area contributed by atoms with Crippen molar-refractivity contribution in [3.63, 3.8) is 0 Å². The zero-order valence-corrected chi connectivity index (χ0v) is 16.8. The second kappa shape index (κ2) is 7.53. The van der Waals surface area contributed by atoms with Gasteiger partial charge in [-0.25, -0.2) is 13.1 Å². The Balaban J connectivity index is 1.66. The molecule has 0 amide bonds. The Morgan fingerprint density at radius 2 is 2.12 bits per heavy atom. The van der Waals surface area contributed by atoms with Gasteiger partial charge in [-0.05, 0) is 49.8 Å². The van der Waals surface area contributed by atoms with E-state index in [0.717, 1.165) is 17.2 Å². The minimum Gasteiger partial charge on any atom is -0.330 e. The number of sulfone groups is 1. The number of hydrogen-bond donors (Lipinski definition) is 1. The Bertz CT molecular complexity index is 887. The van der Waals surface area contributed by atoms with E-state index < -0.39 is 9.84 Å². The SMILES string of the molecule is CCc1ccc(Nc2nn(CN(C)[C@H]3CCS(=O)(=O)C3)c(=S)s2)cc1. The van der Waals surface area contributed by atoms with Crippen LogP contribution in [-0.4, -0.2) is 47.7 Å². The van der Waals surface area contributed by atoms with Crippen molar-refractivity contribution in [3.8, 4) is 0 Å². The normalized spacial score (nSPS) is 19.4. The van der Waals surface area contributed by atoms with Crippen LogP contribution in [0, 0.1) is 3.95 Å². The fourth-order valence-electron chi connectivity index (χ4n) is 2.84. The van der Waals surface area contributed by atoms with Gasteiger partial charge in [-0.15, -0.1) is 5.10 Å². The van der Waals surface area contributed by atoms with Crippen molar-refractivity contribution in [2.45, 2.75) is 32.5 Å². The van der Waals surface area contributed by atoms with Crippen molar-refractivity contribution in [2.75, 3.05) is 23.9 Å². The third-order valence-corrected chi connectivity index (χ3v) is 7.38. The fraction of sp³-hybridized carbons (Fsp3) is 0.500. The first kappa shape index (κ1) is 18.5. The standard InChI is InChI=1S/C16H22N4O2S3/c1-3-12-4-6-13(7-5-12)17-15-18-20(16(23)24-15)11-19(2)14-8-9-25(21,22)10-14/h4-7,14H,3,8-11H2,1-2H3,(H,17,18)/t14-/m0/s1. The highest BCUT2D eigenvalue weighted by molar-refractivity contribution is 7.91. The fourth-order valence-corrected chi connectivity index (χ4v) is 5.66. The Morgan fingerprint density at radius 3 is 2.72 bits per heavy atom. The average Bonchev–Trinajstić information content (AvgIpc) is 3.10. The van der Waals surface area contributed by atoms with Crippen molar-refractivity contribution in [1.82, 2.24) is 14.7 Å². The van der Waals surface area contributed by atoms with Gasteiger partial charge in [-0.3, -0.25) is 4.90 Å². The molecule has 6 nitrogen and oxygen atoms in total. The number of anilines is 2. The molecule has 0 spiro atoms. The number of hydrogen-bond acceptors (Lipinski definition) is 7. The minimum absolute atomic E-state index is 0.0339. The van der Waals surface area contributed by atoms with Crippen LogP contribution in [0.5, 0.6) is 0 Å². The first-order valence-electron chi connectivity index (χ1n) is 8.21. The lowest BCUT2D eigenvalue weighted by molar-refractivity contribution is 0.198. The molecule has 1 aromatic heterocycles. The molecule has 25 heavy (non-hydrogen) atoms. The largest absolute Gasteiger partial charge is 0.330 e.